The summed E-state index contributed by atoms with van der Waals surface area (Å²) in [6, 6.07) is 6.95. The number of hydrogen-bond donors (Lipinski definition) is 2. The number of thiophene rings is 1. The summed E-state index contributed by atoms with van der Waals surface area (Å²) in [7, 11) is 0. The zero-order valence-corrected chi connectivity index (χ0v) is 14.6. The number of anilines is 1. The van der Waals surface area contributed by atoms with E-state index >= 15 is 0 Å². The van der Waals surface area contributed by atoms with Gasteiger partial charge in [0.25, 0.3) is 17.5 Å². The maximum atomic E-state index is 11.8. The van der Waals surface area contributed by atoms with E-state index in [-0.39, 0.29) is 16.4 Å². The van der Waals surface area contributed by atoms with Gasteiger partial charge in [0, 0.05) is 11.1 Å². The molecule has 0 aliphatic carbocycles. The molecule has 0 radical (unpaired) electrons. The molecule has 1 heterocycles. The van der Waals surface area contributed by atoms with E-state index in [0.717, 1.165) is 6.07 Å². The van der Waals surface area contributed by atoms with Crippen molar-refractivity contribution in [2.45, 2.75) is 0 Å². The molecule has 0 saturated heterocycles. The van der Waals surface area contributed by atoms with E-state index in [1.807, 2.05) is 0 Å². The normalized spacial score (nSPS) is 10.0. The largest absolute Gasteiger partial charge is 0.454 e. The van der Waals surface area contributed by atoms with Crippen LogP contribution >= 0.6 is 22.9 Å². The Labute approximate surface area is 156 Å². The van der Waals surface area contributed by atoms with Crippen molar-refractivity contribution in [2.75, 3.05) is 18.5 Å². The van der Waals surface area contributed by atoms with Crippen molar-refractivity contribution in [3.8, 4) is 0 Å². The second-order valence-corrected chi connectivity index (χ2v) is 6.17. The molecule has 0 fully saturated rings. The fourth-order valence-corrected chi connectivity index (χ4v) is 2.61. The second kappa shape index (κ2) is 8.92. The molecule has 0 spiro atoms. The molecule has 0 aliphatic rings. The first-order valence-corrected chi connectivity index (χ1v) is 8.33. The smallest absolute Gasteiger partial charge is 0.325 e. The standard InChI is InChI=1S/C15H12ClN3O6S/c16-9-3-4-11(19(23)24)10(6-9)18-13(20)8-25-14(21)7-17-15(22)12-2-1-5-26-12/h1-6H,7-8H2,(H,17,22)(H,18,20). The fraction of sp³-hybridized carbons (Fsp3) is 0.133. The highest BCUT2D eigenvalue weighted by Gasteiger charge is 2.17. The third-order valence-electron chi connectivity index (χ3n) is 2.93. The molecule has 0 saturated carbocycles. The summed E-state index contributed by atoms with van der Waals surface area (Å²) < 4.78 is 4.71. The molecule has 2 aromatic rings. The SMILES string of the molecule is O=C(COC(=O)CNC(=O)c1cccs1)Nc1cc(Cl)ccc1[N+](=O)[O-]. The summed E-state index contributed by atoms with van der Waals surface area (Å²) in [4.78, 5) is 45.7. The Bertz CT molecular complexity index is 840. The molecule has 0 bridgehead atoms. The van der Waals surface area contributed by atoms with Gasteiger partial charge in [-0.15, -0.1) is 11.3 Å². The monoisotopic (exact) mass is 397 g/mol. The fourth-order valence-electron chi connectivity index (χ4n) is 1.80. The van der Waals surface area contributed by atoms with Gasteiger partial charge in [-0.2, -0.15) is 0 Å². The maximum absolute atomic E-state index is 11.8. The number of nitrogens with one attached hydrogen (secondary N) is 2. The number of rotatable bonds is 7. The van der Waals surface area contributed by atoms with Gasteiger partial charge in [0.1, 0.15) is 12.2 Å². The Morgan fingerprint density at radius 3 is 2.69 bits per heavy atom. The molecule has 1 aromatic heterocycles. The van der Waals surface area contributed by atoms with Gasteiger partial charge in [0.2, 0.25) is 0 Å². The molecule has 2 amide bonds. The number of hydrogen-bond acceptors (Lipinski definition) is 7. The lowest BCUT2D eigenvalue weighted by Gasteiger charge is -2.08. The Morgan fingerprint density at radius 2 is 2.04 bits per heavy atom. The van der Waals surface area contributed by atoms with Crippen LogP contribution < -0.4 is 10.6 Å². The molecular weight excluding hydrogens is 386 g/mol. The van der Waals surface area contributed by atoms with Crippen molar-refractivity contribution in [3.05, 3.63) is 55.7 Å². The van der Waals surface area contributed by atoms with E-state index in [0.29, 0.717) is 4.88 Å². The number of ether oxygens (including phenoxy) is 1. The minimum Gasteiger partial charge on any atom is -0.454 e. The van der Waals surface area contributed by atoms with Crippen molar-refractivity contribution in [1.82, 2.24) is 5.32 Å². The highest BCUT2D eigenvalue weighted by Crippen LogP contribution is 2.27. The van der Waals surface area contributed by atoms with Crippen molar-refractivity contribution >= 4 is 52.1 Å². The van der Waals surface area contributed by atoms with Crippen molar-refractivity contribution in [1.29, 1.82) is 0 Å². The van der Waals surface area contributed by atoms with Crippen LogP contribution in [0.5, 0.6) is 0 Å². The van der Waals surface area contributed by atoms with Crippen molar-refractivity contribution < 1.29 is 24.0 Å². The quantitative estimate of drug-likeness (QED) is 0.419. The lowest BCUT2D eigenvalue weighted by molar-refractivity contribution is -0.383. The number of halogens is 1. The summed E-state index contributed by atoms with van der Waals surface area (Å²) in [5, 5.41) is 17.4. The lowest BCUT2D eigenvalue weighted by Crippen LogP contribution is -2.31. The van der Waals surface area contributed by atoms with Crippen molar-refractivity contribution in [2.24, 2.45) is 0 Å². The average molecular weight is 398 g/mol. The number of nitrogens with zero attached hydrogens (tertiary/aromatic N) is 1. The zero-order valence-electron chi connectivity index (χ0n) is 13.1. The predicted molar refractivity (Wildman–Crippen MR) is 94.3 cm³/mol. The van der Waals surface area contributed by atoms with Crippen LogP contribution in [0.15, 0.2) is 35.7 Å². The molecule has 1 aromatic carbocycles. The van der Waals surface area contributed by atoms with Gasteiger partial charge in [-0.25, -0.2) is 0 Å². The van der Waals surface area contributed by atoms with Crippen LogP contribution in [0.4, 0.5) is 11.4 Å². The zero-order chi connectivity index (χ0) is 19.1. The van der Waals surface area contributed by atoms with Gasteiger partial charge in [0.05, 0.1) is 9.80 Å². The van der Waals surface area contributed by atoms with Crippen LogP contribution in [-0.4, -0.2) is 35.9 Å². The number of carbonyl (C=O) groups is 3. The first-order valence-electron chi connectivity index (χ1n) is 7.08. The van der Waals surface area contributed by atoms with Crippen LogP contribution in [-0.2, 0) is 14.3 Å². The number of carbonyl (C=O) groups excluding carboxylic acids is 3. The number of nitro benzene ring substituents is 1. The predicted octanol–water partition coefficient (Wildman–Crippen LogP) is 2.22. The Hall–Kier alpha value is -2.98. The summed E-state index contributed by atoms with van der Waals surface area (Å²) >= 11 is 6.96. The number of esters is 1. The minimum absolute atomic E-state index is 0.116. The molecule has 2 rings (SSSR count). The van der Waals surface area contributed by atoms with Gasteiger partial charge >= 0.3 is 5.97 Å². The summed E-state index contributed by atoms with van der Waals surface area (Å²) in [6.07, 6.45) is 0. The van der Waals surface area contributed by atoms with Gasteiger partial charge in [-0.1, -0.05) is 17.7 Å². The Morgan fingerprint density at radius 1 is 1.27 bits per heavy atom. The molecule has 26 heavy (non-hydrogen) atoms. The van der Waals surface area contributed by atoms with Gasteiger partial charge in [0.15, 0.2) is 6.61 Å². The third kappa shape index (κ3) is 5.53. The Kier molecular flexibility index (Phi) is 6.64. The average Bonchev–Trinajstić information content (AvgIpc) is 3.12. The first kappa shape index (κ1) is 19.3. The molecule has 9 nitrogen and oxygen atoms in total. The van der Waals surface area contributed by atoms with Gasteiger partial charge in [-0.05, 0) is 23.6 Å². The van der Waals surface area contributed by atoms with Crippen LogP contribution in [0, 0.1) is 10.1 Å². The molecule has 0 atom stereocenters. The van der Waals surface area contributed by atoms with E-state index in [9.17, 15) is 24.5 Å². The van der Waals surface area contributed by atoms with Crippen LogP contribution in [0.3, 0.4) is 0 Å². The first-order chi connectivity index (χ1) is 12.4. The van der Waals surface area contributed by atoms with Crippen LogP contribution in [0.25, 0.3) is 0 Å². The topological polar surface area (TPSA) is 128 Å². The highest BCUT2D eigenvalue weighted by molar-refractivity contribution is 7.12. The second-order valence-electron chi connectivity index (χ2n) is 4.79. The lowest BCUT2D eigenvalue weighted by atomic mass is 10.2. The molecular formula is C15H12ClN3O6S. The molecule has 0 unspecified atom stereocenters. The van der Waals surface area contributed by atoms with E-state index < -0.39 is 35.9 Å². The maximum Gasteiger partial charge on any atom is 0.325 e. The van der Waals surface area contributed by atoms with Crippen LogP contribution in [0.1, 0.15) is 9.67 Å². The molecule has 136 valence electrons. The van der Waals surface area contributed by atoms with Gasteiger partial charge < -0.3 is 15.4 Å². The van der Waals surface area contributed by atoms with E-state index in [4.69, 9.17) is 16.3 Å². The minimum atomic E-state index is -0.828. The molecule has 0 aliphatic heterocycles. The third-order valence-corrected chi connectivity index (χ3v) is 4.04. The number of nitro groups is 1. The summed E-state index contributed by atoms with van der Waals surface area (Å²) in [5.74, 6) is -2.05. The Balaban J connectivity index is 1.81. The van der Waals surface area contributed by atoms with E-state index in [1.165, 1.54) is 23.5 Å². The van der Waals surface area contributed by atoms with Gasteiger partial charge in [-0.3, -0.25) is 24.5 Å². The van der Waals surface area contributed by atoms with Crippen LogP contribution in [0.2, 0.25) is 5.02 Å². The summed E-state index contributed by atoms with van der Waals surface area (Å²) in [5.41, 5.74) is -0.466. The van der Waals surface area contributed by atoms with Crippen molar-refractivity contribution in [3.63, 3.8) is 0 Å². The number of amides is 2. The molecule has 11 heteroatoms. The summed E-state index contributed by atoms with van der Waals surface area (Å²) in [6.45, 7) is -1.08. The molecule has 2 N–H and O–H groups in total. The van der Waals surface area contributed by atoms with E-state index in [1.54, 1.807) is 17.5 Å². The highest BCUT2D eigenvalue weighted by atomic mass is 35.5. The van der Waals surface area contributed by atoms with E-state index in [2.05, 4.69) is 10.6 Å². The number of benzene rings is 1.